The van der Waals surface area contributed by atoms with Gasteiger partial charge in [0.1, 0.15) is 5.75 Å². The number of rotatable bonds is 7. The van der Waals surface area contributed by atoms with Crippen LogP contribution >= 0.6 is 11.6 Å². The molecule has 1 heterocycles. The van der Waals surface area contributed by atoms with Crippen molar-refractivity contribution in [3.05, 3.63) is 29.3 Å². The van der Waals surface area contributed by atoms with Crippen LogP contribution < -0.4 is 10.1 Å². The second kappa shape index (κ2) is 9.78. The molecule has 0 aromatic heterocycles. The quantitative estimate of drug-likeness (QED) is 0.774. The molecule has 23 heavy (non-hydrogen) atoms. The molecule has 0 aliphatic carbocycles. The van der Waals surface area contributed by atoms with E-state index in [1.54, 1.807) is 31.2 Å². The first-order valence-electron chi connectivity index (χ1n) is 8.57. The predicted molar refractivity (Wildman–Crippen MR) is 94.1 cm³/mol. The Hall–Kier alpha value is -1.26. The molecule has 1 aliphatic rings. The summed E-state index contributed by atoms with van der Waals surface area (Å²) in [7, 11) is 0. The highest BCUT2D eigenvalue weighted by atomic mass is 35.5. The molecule has 1 N–H and O–H groups in total. The summed E-state index contributed by atoms with van der Waals surface area (Å²) in [4.78, 5) is 14.6. The number of carbonyl (C=O) groups excluding carboxylic acids is 1. The van der Waals surface area contributed by atoms with E-state index in [1.165, 1.54) is 38.8 Å². The van der Waals surface area contributed by atoms with Crippen LogP contribution in [0.4, 0.5) is 0 Å². The van der Waals surface area contributed by atoms with Crippen molar-refractivity contribution >= 4 is 17.5 Å². The van der Waals surface area contributed by atoms with Gasteiger partial charge in [-0.1, -0.05) is 24.4 Å². The van der Waals surface area contributed by atoms with Crippen LogP contribution in [-0.4, -0.2) is 43.1 Å². The first-order valence-corrected chi connectivity index (χ1v) is 8.95. The Morgan fingerprint density at radius 2 is 1.87 bits per heavy atom. The van der Waals surface area contributed by atoms with Gasteiger partial charge in [-0.15, -0.1) is 0 Å². The van der Waals surface area contributed by atoms with E-state index < -0.39 is 6.10 Å². The SMILES string of the molecule is C[C@H](Oc1ccc(Cl)cc1)C(=O)NCCCN1CCCCCC1. The van der Waals surface area contributed by atoms with Crippen molar-refractivity contribution in [3.8, 4) is 5.75 Å². The minimum atomic E-state index is -0.505. The van der Waals surface area contributed by atoms with Gasteiger partial charge in [0.05, 0.1) is 0 Å². The van der Waals surface area contributed by atoms with Crippen molar-refractivity contribution in [2.24, 2.45) is 0 Å². The molecular formula is C18H27ClN2O2. The second-order valence-electron chi connectivity index (χ2n) is 6.11. The van der Waals surface area contributed by atoms with Gasteiger partial charge >= 0.3 is 0 Å². The lowest BCUT2D eigenvalue weighted by Crippen LogP contribution is -2.38. The van der Waals surface area contributed by atoms with Gasteiger partial charge in [-0.2, -0.15) is 0 Å². The molecule has 0 spiro atoms. The second-order valence-corrected chi connectivity index (χ2v) is 6.55. The number of benzene rings is 1. The molecule has 0 bridgehead atoms. The standard InChI is InChI=1S/C18H27ClN2O2/c1-15(23-17-9-7-16(19)8-10-17)18(22)20-11-6-14-21-12-4-2-3-5-13-21/h7-10,15H,2-6,11-14H2,1H3,(H,20,22)/t15-/m0/s1. The smallest absolute Gasteiger partial charge is 0.260 e. The van der Waals surface area contributed by atoms with Gasteiger partial charge in [0.15, 0.2) is 6.10 Å². The van der Waals surface area contributed by atoms with Crippen LogP contribution in [0.1, 0.15) is 39.0 Å². The van der Waals surface area contributed by atoms with Gasteiger partial charge in [-0.25, -0.2) is 0 Å². The zero-order chi connectivity index (χ0) is 16.5. The Labute approximate surface area is 144 Å². The number of nitrogens with one attached hydrogen (secondary N) is 1. The summed E-state index contributed by atoms with van der Waals surface area (Å²) in [5.41, 5.74) is 0. The third-order valence-corrected chi connectivity index (χ3v) is 4.40. The fourth-order valence-corrected chi connectivity index (χ4v) is 2.91. The van der Waals surface area contributed by atoms with E-state index in [4.69, 9.17) is 16.3 Å². The maximum absolute atomic E-state index is 12.0. The fraction of sp³-hybridized carbons (Fsp3) is 0.611. The highest BCUT2D eigenvalue weighted by Crippen LogP contribution is 2.16. The lowest BCUT2D eigenvalue weighted by Gasteiger charge is -2.20. The summed E-state index contributed by atoms with van der Waals surface area (Å²) in [5, 5.41) is 3.61. The van der Waals surface area contributed by atoms with Crippen LogP contribution in [0.25, 0.3) is 0 Å². The number of hydrogen-bond acceptors (Lipinski definition) is 3. The summed E-state index contributed by atoms with van der Waals surface area (Å²) in [6.45, 7) is 5.92. The van der Waals surface area contributed by atoms with E-state index in [9.17, 15) is 4.79 Å². The molecular weight excluding hydrogens is 312 g/mol. The van der Waals surface area contributed by atoms with Gasteiger partial charge in [0, 0.05) is 11.6 Å². The zero-order valence-corrected chi connectivity index (χ0v) is 14.6. The molecule has 2 rings (SSSR count). The van der Waals surface area contributed by atoms with Crippen molar-refractivity contribution in [1.29, 1.82) is 0 Å². The first-order chi connectivity index (χ1) is 11.1. The molecule has 1 saturated heterocycles. The molecule has 4 nitrogen and oxygen atoms in total. The highest BCUT2D eigenvalue weighted by Gasteiger charge is 2.14. The van der Waals surface area contributed by atoms with E-state index in [0.717, 1.165) is 13.0 Å². The molecule has 1 aliphatic heterocycles. The van der Waals surface area contributed by atoms with Gasteiger partial charge in [-0.05, 0) is 70.1 Å². The Kier molecular flexibility index (Phi) is 7.69. The van der Waals surface area contributed by atoms with Crippen LogP contribution in [-0.2, 0) is 4.79 Å². The predicted octanol–water partition coefficient (Wildman–Crippen LogP) is 3.49. The number of halogens is 1. The Balaban J connectivity index is 1.62. The third kappa shape index (κ3) is 6.80. The lowest BCUT2D eigenvalue weighted by atomic mass is 10.2. The van der Waals surface area contributed by atoms with Crippen molar-refractivity contribution < 1.29 is 9.53 Å². The minimum Gasteiger partial charge on any atom is -0.481 e. The minimum absolute atomic E-state index is 0.0733. The topological polar surface area (TPSA) is 41.6 Å². The number of likely N-dealkylation sites (tertiary alicyclic amines) is 1. The summed E-state index contributed by atoms with van der Waals surface area (Å²) >= 11 is 5.83. The average molecular weight is 339 g/mol. The molecule has 0 saturated carbocycles. The maximum Gasteiger partial charge on any atom is 0.260 e. The van der Waals surface area contributed by atoms with Gasteiger partial charge < -0.3 is 15.0 Å². The Morgan fingerprint density at radius 1 is 1.22 bits per heavy atom. The van der Waals surface area contributed by atoms with E-state index in [0.29, 0.717) is 17.3 Å². The molecule has 1 amide bonds. The number of hydrogen-bond donors (Lipinski definition) is 1. The van der Waals surface area contributed by atoms with Gasteiger partial charge in [0.25, 0.3) is 5.91 Å². The van der Waals surface area contributed by atoms with Crippen LogP contribution in [0.5, 0.6) is 5.75 Å². The molecule has 1 atom stereocenters. The molecule has 1 aromatic rings. The number of carbonyl (C=O) groups is 1. The third-order valence-electron chi connectivity index (χ3n) is 4.14. The first kappa shape index (κ1) is 18.1. The van der Waals surface area contributed by atoms with Crippen LogP contribution in [0.3, 0.4) is 0 Å². The summed E-state index contributed by atoms with van der Waals surface area (Å²) in [6.07, 6.45) is 5.80. The molecule has 0 unspecified atom stereocenters. The largest absolute Gasteiger partial charge is 0.481 e. The van der Waals surface area contributed by atoms with Crippen molar-refractivity contribution in [2.45, 2.75) is 45.1 Å². The summed E-state index contributed by atoms with van der Waals surface area (Å²) < 4.78 is 5.61. The molecule has 128 valence electrons. The van der Waals surface area contributed by atoms with Crippen molar-refractivity contribution in [1.82, 2.24) is 10.2 Å². The number of nitrogens with zero attached hydrogens (tertiary/aromatic N) is 1. The van der Waals surface area contributed by atoms with E-state index in [1.807, 2.05) is 0 Å². The average Bonchev–Trinajstić information content (AvgIpc) is 2.82. The monoisotopic (exact) mass is 338 g/mol. The zero-order valence-electron chi connectivity index (χ0n) is 13.9. The van der Waals surface area contributed by atoms with Gasteiger partial charge in [-0.3, -0.25) is 4.79 Å². The van der Waals surface area contributed by atoms with E-state index in [-0.39, 0.29) is 5.91 Å². The summed E-state index contributed by atoms with van der Waals surface area (Å²) in [6, 6.07) is 7.04. The van der Waals surface area contributed by atoms with Crippen LogP contribution in [0.2, 0.25) is 5.02 Å². The maximum atomic E-state index is 12.0. The lowest BCUT2D eigenvalue weighted by molar-refractivity contribution is -0.127. The van der Waals surface area contributed by atoms with Crippen LogP contribution in [0.15, 0.2) is 24.3 Å². The molecule has 0 radical (unpaired) electrons. The van der Waals surface area contributed by atoms with Crippen molar-refractivity contribution in [2.75, 3.05) is 26.2 Å². The number of amides is 1. The fourth-order valence-electron chi connectivity index (χ4n) is 2.79. The molecule has 1 aromatic carbocycles. The van der Waals surface area contributed by atoms with E-state index in [2.05, 4.69) is 10.2 Å². The van der Waals surface area contributed by atoms with Crippen LogP contribution in [0, 0.1) is 0 Å². The Morgan fingerprint density at radius 3 is 2.52 bits per heavy atom. The van der Waals surface area contributed by atoms with Gasteiger partial charge in [0.2, 0.25) is 0 Å². The van der Waals surface area contributed by atoms with Crippen molar-refractivity contribution in [3.63, 3.8) is 0 Å². The van der Waals surface area contributed by atoms with E-state index >= 15 is 0 Å². The molecule has 1 fully saturated rings. The normalized spacial score (nSPS) is 17.3. The molecule has 5 heteroatoms. The highest BCUT2D eigenvalue weighted by molar-refractivity contribution is 6.30. The summed E-state index contributed by atoms with van der Waals surface area (Å²) in [5.74, 6) is 0.581. The number of ether oxygens (including phenoxy) is 1. The Bertz CT molecular complexity index is 470.